The molecule has 1 nitrogen and oxygen atoms in total. The summed E-state index contributed by atoms with van der Waals surface area (Å²) in [6, 6.07) is 8.36. The van der Waals surface area contributed by atoms with Crippen molar-refractivity contribution in [1.82, 2.24) is 0 Å². The van der Waals surface area contributed by atoms with Crippen LogP contribution in [0.15, 0.2) is 30.3 Å². The molecule has 1 aromatic carbocycles. The van der Waals surface area contributed by atoms with Crippen LogP contribution in [0.3, 0.4) is 0 Å². The predicted molar refractivity (Wildman–Crippen MR) is 69.1 cm³/mol. The molecule has 1 aromatic rings. The number of aliphatic hydroxyl groups is 1. The fourth-order valence-electron chi connectivity index (χ4n) is 1.19. The van der Waals surface area contributed by atoms with Gasteiger partial charge in [-0.25, -0.2) is 0 Å². The van der Waals surface area contributed by atoms with E-state index in [0.29, 0.717) is 5.92 Å². The van der Waals surface area contributed by atoms with Crippen LogP contribution in [0.4, 0.5) is 0 Å². The monoisotopic (exact) mass is 300 g/mol. The van der Waals surface area contributed by atoms with E-state index < -0.39 is 0 Å². The quantitative estimate of drug-likeness (QED) is 0.846. The van der Waals surface area contributed by atoms with Crippen molar-refractivity contribution in [3.05, 3.63) is 39.5 Å². The molecule has 0 aromatic heterocycles. The molecule has 0 amide bonds. The zero-order chi connectivity index (χ0) is 10.4. The number of benzene rings is 1. The molecule has 1 atom stereocenters. The highest BCUT2D eigenvalue weighted by atomic mass is 125. The van der Waals surface area contributed by atoms with Gasteiger partial charge in [-0.2, -0.15) is 0 Å². The van der Waals surface area contributed by atoms with E-state index in [0.717, 1.165) is 6.42 Å². The molecule has 76 valence electrons. The van der Waals surface area contributed by atoms with Gasteiger partial charge in [-0.1, -0.05) is 31.2 Å². The van der Waals surface area contributed by atoms with Crippen LogP contribution in [0.25, 0.3) is 6.08 Å². The Kier molecular flexibility index (Phi) is 5.19. The van der Waals surface area contributed by atoms with Gasteiger partial charge in [0.2, 0.25) is 0 Å². The lowest BCUT2D eigenvalue weighted by Crippen LogP contribution is -1.92. The van der Waals surface area contributed by atoms with Crippen LogP contribution in [0.5, 0.6) is 0 Å². The number of hydrogen-bond acceptors (Lipinski definition) is 1. The maximum atomic E-state index is 8.74. The summed E-state index contributed by atoms with van der Waals surface area (Å²) in [7, 11) is 0. The second-order valence-corrected chi connectivity index (χ2v) is 4.65. The van der Waals surface area contributed by atoms with Crippen molar-refractivity contribution in [3.63, 3.8) is 0 Å². The summed E-state index contributed by atoms with van der Waals surface area (Å²) < 4.78 is 1.25. The van der Waals surface area contributed by atoms with E-state index in [1.54, 1.807) is 0 Å². The van der Waals surface area contributed by atoms with Crippen LogP contribution in [0.1, 0.15) is 18.9 Å². The molecule has 0 saturated heterocycles. The van der Waals surface area contributed by atoms with E-state index in [1.165, 1.54) is 9.13 Å². The highest BCUT2D eigenvalue weighted by Crippen LogP contribution is 2.11. The third-order valence-corrected chi connectivity index (χ3v) is 2.72. The third-order valence-electron chi connectivity index (χ3n) is 2.05. The molecule has 0 aliphatic rings. The first-order valence-electron chi connectivity index (χ1n) is 4.77. The largest absolute Gasteiger partial charge is 0.396 e. The molecule has 14 heavy (non-hydrogen) atoms. The van der Waals surface area contributed by atoms with Gasteiger partial charge < -0.3 is 5.11 Å². The van der Waals surface area contributed by atoms with Crippen molar-refractivity contribution in [2.45, 2.75) is 13.3 Å². The summed E-state index contributed by atoms with van der Waals surface area (Å²) in [5, 5.41) is 8.74. The van der Waals surface area contributed by atoms with Gasteiger partial charge in [0, 0.05) is 10.2 Å². The van der Waals surface area contributed by atoms with E-state index in [1.807, 2.05) is 0 Å². The van der Waals surface area contributed by atoms with Gasteiger partial charge >= 0.3 is 0 Å². The Labute approximate surface area is 99.0 Å². The lowest BCUT2D eigenvalue weighted by Gasteiger charge is -2.02. The minimum Gasteiger partial charge on any atom is -0.396 e. The molecule has 1 rings (SSSR count). The van der Waals surface area contributed by atoms with Crippen molar-refractivity contribution < 1.29 is 5.11 Å². The first kappa shape index (κ1) is 11.7. The fraction of sp³-hybridized carbons (Fsp3) is 0.333. The van der Waals surface area contributed by atoms with Crippen molar-refractivity contribution in [1.29, 1.82) is 0 Å². The molecule has 1 unspecified atom stereocenters. The van der Waals surface area contributed by atoms with Crippen molar-refractivity contribution >= 4 is 28.7 Å². The van der Waals surface area contributed by atoms with E-state index in [4.69, 9.17) is 5.11 Å². The second kappa shape index (κ2) is 6.19. The number of rotatable bonds is 4. The standard InChI is InChI=1S/C12H15IO/c1-10(7-8-14)5-6-11-3-2-4-12(13)9-11/h2-6,9-10,14H,7-8H2,1H3/i13-2. The van der Waals surface area contributed by atoms with E-state index in [9.17, 15) is 0 Å². The average Bonchev–Trinajstić information content (AvgIpc) is 2.15. The highest BCUT2D eigenvalue weighted by Gasteiger charge is 1.94. The summed E-state index contributed by atoms with van der Waals surface area (Å²) in [6.45, 7) is 2.37. The van der Waals surface area contributed by atoms with E-state index in [-0.39, 0.29) is 6.61 Å². The average molecular weight is 300 g/mol. The van der Waals surface area contributed by atoms with Gasteiger partial charge in [0.25, 0.3) is 0 Å². The summed E-state index contributed by atoms with van der Waals surface area (Å²) in [4.78, 5) is 0. The molecule has 0 aliphatic carbocycles. The molecule has 0 bridgehead atoms. The summed E-state index contributed by atoms with van der Waals surface area (Å²) in [5.41, 5.74) is 1.22. The normalized spacial score (nSPS) is 13.4. The summed E-state index contributed by atoms with van der Waals surface area (Å²) >= 11 is 2.31. The molecule has 2 heteroatoms. The van der Waals surface area contributed by atoms with Crippen LogP contribution in [-0.2, 0) is 0 Å². The van der Waals surface area contributed by atoms with Gasteiger partial charge in [-0.15, -0.1) is 0 Å². The molecular weight excluding hydrogens is 285 g/mol. The molecule has 0 spiro atoms. The van der Waals surface area contributed by atoms with Crippen LogP contribution in [0, 0.1) is 9.49 Å². The molecule has 0 aliphatic heterocycles. The predicted octanol–water partition coefficient (Wildman–Crippen LogP) is 3.32. The van der Waals surface area contributed by atoms with Crippen LogP contribution in [-0.4, -0.2) is 11.7 Å². The van der Waals surface area contributed by atoms with Gasteiger partial charge in [-0.3, -0.25) is 0 Å². The maximum absolute atomic E-state index is 8.74. The minimum atomic E-state index is 0.262. The third kappa shape index (κ3) is 4.24. The molecule has 0 heterocycles. The number of halogens is 1. The number of hydrogen-bond donors (Lipinski definition) is 1. The van der Waals surface area contributed by atoms with Gasteiger partial charge in [0.1, 0.15) is 0 Å². The molecule has 0 radical (unpaired) electrons. The Morgan fingerprint density at radius 2 is 2.29 bits per heavy atom. The summed E-state index contributed by atoms with van der Waals surface area (Å²) in [6.07, 6.45) is 5.09. The first-order chi connectivity index (χ1) is 6.72. The Balaban J connectivity index is 2.59. The van der Waals surface area contributed by atoms with E-state index >= 15 is 0 Å². The Bertz CT molecular complexity index is 307. The van der Waals surface area contributed by atoms with E-state index in [2.05, 4.69) is 65.9 Å². The van der Waals surface area contributed by atoms with Crippen LogP contribution in [0.2, 0.25) is 0 Å². The fourth-order valence-corrected chi connectivity index (χ4v) is 1.75. The molecule has 1 N–H and O–H groups in total. The Morgan fingerprint density at radius 1 is 1.50 bits per heavy atom. The van der Waals surface area contributed by atoms with Gasteiger partial charge in [0.05, 0.1) is 0 Å². The second-order valence-electron chi connectivity index (χ2n) is 3.40. The maximum Gasteiger partial charge on any atom is 0.0436 e. The van der Waals surface area contributed by atoms with Crippen molar-refractivity contribution in [3.8, 4) is 0 Å². The molecule has 0 saturated carbocycles. The van der Waals surface area contributed by atoms with Gasteiger partial charge in [-0.05, 0) is 52.6 Å². The van der Waals surface area contributed by atoms with Crippen LogP contribution >= 0.6 is 22.6 Å². The topological polar surface area (TPSA) is 20.2 Å². The number of allylic oxidation sites excluding steroid dienone is 1. The SMILES string of the molecule is CC(C=Cc1cccc([125I])c1)CCO. The smallest absolute Gasteiger partial charge is 0.0436 e. The lowest BCUT2D eigenvalue weighted by atomic mass is 10.1. The Morgan fingerprint density at radius 3 is 2.93 bits per heavy atom. The highest BCUT2D eigenvalue weighted by molar-refractivity contribution is 14.1. The molecular formula is C12H15IO. The van der Waals surface area contributed by atoms with Gasteiger partial charge in [0.15, 0.2) is 0 Å². The number of aliphatic hydroxyl groups excluding tert-OH is 1. The zero-order valence-electron chi connectivity index (χ0n) is 8.28. The first-order valence-corrected chi connectivity index (χ1v) is 5.85. The van der Waals surface area contributed by atoms with Crippen LogP contribution < -0.4 is 0 Å². The Hall–Kier alpha value is -0.350. The minimum absolute atomic E-state index is 0.262. The summed E-state index contributed by atoms with van der Waals surface area (Å²) in [5.74, 6) is 0.442. The molecule has 0 fully saturated rings. The van der Waals surface area contributed by atoms with Crippen molar-refractivity contribution in [2.75, 3.05) is 6.61 Å². The lowest BCUT2D eigenvalue weighted by molar-refractivity contribution is 0.274. The van der Waals surface area contributed by atoms with Crippen molar-refractivity contribution in [2.24, 2.45) is 5.92 Å². The zero-order valence-corrected chi connectivity index (χ0v) is 10.4.